The first-order valence-electron chi connectivity index (χ1n) is 6.09. The SMILES string of the molecule is C[C@@H](NC(=O)c1cccc(Cl)c1Cl)C(=O)OC(C)(C)C. The van der Waals surface area contributed by atoms with Crippen molar-refractivity contribution >= 4 is 35.1 Å². The molecule has 1 amide bonds. The van der Waals surface area contributed by atoms with E-state index in [1.54, 1.807) is 39.8 Å². The summed E-state index contributed by atoms with van der Waals surface area (Å²) in [6, 6.07) is 3.95. The number of carbonyl (C=O) groups excluding carboxylic acids is 2. The molecule has 20 heavy (non-hydrogen) atoms. The van der Waals surface area contributed by atoms with E-state index in [1.807, 2.05) is 0 Å². The van der Waals surface area contributed by atoms with Crippen molar-refractivity contribution in [1.29, 1.82) is 0 Å². The monoisotopic (exact) mass is 317 g/mol. The molecule has 1 rings (SSSR count). The van der Waals surface area contributed by atoms with Crippen LogP contribution in [0.3, 0.4) is 0 Å². The number of carbonyl (C=O) groups is 2. The normalized spacial score (nSPS) is 12.7. The lowest BCUT2D eigenvalue weighted by Gasteiger charge is -2.22. The fraction of sp³-hybridized carbons (Fsp3) is 0.429. The Bertz CT molecular complexity index is 524. The number of amides is 1. The highest BCUT2D eigenvalue weighted by atomic mass is 35.5. The molecule has 0 aliphatic heterocycles. The van der Waals surface area contributed by atoms with Crippen molar-refractivity contribution in [3.63, 3.8) is 0 Å². The van der Waals surface area contributed by atoms with Crippen molar-refractivity contribution in [2.75, 3.05) is 0 Å². The van der Waals surface area contributed by atoms with Crippen molar-refractivity contribution in [2.45, 2.75) is 39.3 Å². The molecule has 110 valence electrons. The second-order valence-electron chi connectivity index (χ2n) is 5.33. The standard InChI is InChI=1S/C14H17Cl2NO3/c1-8(13(19)20-14(2,3)4)17-12(18)9-6-5-7-10(15)11(9)16/h5-8H,1-4H3,(H,17,18)/t8-/m1/s1. The van der Waals surface area contributed by atoms with Crippen LogP contribution in [-0.4, -0.2) is 23.5 Å². The Morgan fingerprint density at radius 2 is 1.85 bits per heavy atom. The number of hydrogen-bond donors (Lipinski definition) is 1. The lowest BCUT2D eigenvalue weighted by atomic mass is 10.2. The van der Waals surface area contributed by atoms with Gasteiger partial charge in [-0.15, -0.1) is 0 Å². The predicted molar refractivity (Wildman–Crippen MR) is 79.2 cm³/mol. The zero-order chi connectivity index (χ0) is 15.5. The lowest BCUT2D eigenvalue weighted by Crippen LogP contribution is -2.42. The first-order chi connectivity index (χ1) is 9.11. The van der Waals surface area contributed by atoms with Gasteiger partial charge in [-0.3, -0.25) is 4.79 Å². The van der Waals surface area contributed by atoms with E-state index in [1.165, 1.54) is 6.07 Å². The molecule has 0 fully saturated rings. The van der Waals surface area contributed by atoms with E-state index in [0.717, 1.165) is 0 Å². The van der Waals surface area contributed by atoms with Gasteiger partial charge in [0.1, 0.15) is 11.6 Å². The zero-order valence-corrected chi connectivity index (χ0v) is 13.3. The average molecular weight is 318 g/mol. The summed E-state index contributed by atoms with van der Waals surface area (Å²) < 4.78 is 5.18. The Morgan fingerprint density at radius 1 is 1.25 bits per heavy atom. The summed E-state index contributed by atoms with van der Waals surface area (Å²) >= 11 is 11.8. The Balaban J connectivity index is 2.76. The third kappa shape index (κ3) is 4.69. The van der Waals surface area contributed by atoms with Crippen LogP contribution in [-0.2, 0) is 9.53 Å². The van der Waals surface area contributed by atoms with Crippen LogP contribution in [0, 0.1) is 0 Å². The molecular weight excluding hydrogens is 301 g/mol. The van der Waals surface area contributed by atoms with E-state index in [4.69, 9.17) is 27.9 Å². The number of nitrogens with one attached hydrogen (secondary N) is 1. The Hall–Kier alpha value is -1.26. The fourth-order valence-corrected chi connectivity index (χ4v) is 1.79. The molecule has 4 nitrogen and oxygen atoms in total. The van der Waals surface area contributed by atoms with E-state index in [9.17, 15) is 9.59 Å². The zero-order valence-electron chi connectivity index (χ0n) is 11.8. The Labute approximate surface area is 128 Å². The van der Waals surface area contributed by atoms with E-state index in [2.05, 4.69) is 5.32 Å². The maximum absolute atomic E-state index is 12.0. The first kappa shape index (κ1) is 16.8. The minimum Gasteiger partial charge on any atom is -0.458 e. The molecular formula is C14H17Cl2NO3. The average Bonchev–Trinajstić information content (AvgIpc) is 2.30. The molecule has 0 radical (unpaired) electrons. The minimum absolute atomic E-state index is 0.156. The number of hydrogen-bond acceptors (Lipinski definition) is 3. The highest BCUT2D eigenvalue weighted by Gasteiger charge is 2.24. The lowest BCUT2D eigenvalue weighted by molar-refractivity contribution is -0.156. The van der Waals surface area contributed by atoms with Crippen LogP contribution in [0.1, 0.15) is 38.1 Å². The summed E-state index contributed by atoms with van der Waals surface area (Å²) in [4.78, 5) is 23.8. The topological polar surface area (TPSA) is 55.4 Å². The van der Waals surface area contributed by atoms with Crippen LogP contribution in [0.25, 0.3) is 0 Å². The van der Waals surface area contributed by atoms with Crippen LogP contribution in [0.4, 0.5) is 0 Å². The molecule has 0 saturated carbocycles. The maximum atomic E-state index is 12.0. The molecule has 0 spiro atoms. The molecule has 1 N–H and O–H groups in total. The van der Waals surface area contributed by atoms with Crippen molar-refractivity contribution in [2.24, 2.45) is 0 Å². The molecule has 0 unspecified atom stereocenters. The largest absolute Gasteiger partial charge is 0.458 e. The van der Waals surface area contributed by atoms with Gasteiger partial charge in [0.05, 0.1) is 15.6 Å². The van der Waals surface area contributed by atoms with Gasteiger partial charge in [-0.05, 0) is 39.8 Å². The van der Waals surface area contributed by atoms with Gasteiger partial charge >= 0.3 is 5.97 Å². The first-order valence-corrected chi connectivity index (χ1v) is 6.85. The van der Waals surface area contributed by atoms with Gasteiger partial charge in [-0.1, -0.05) is 29.3 Å². The second-order valence-corrected chi connectivity index (χ2v) is 6.12. The third-order valence-electron chi connectivity index (χ3n) is 2.30. The third-order valence-corrected chi connectivity index (χ3v) is 3.12. The smallest absolute Gasteiger partial charge is 0.328 e. The molecule has 1 atom stereocenters. The molecule has 0 bridgehead atoms. The fourth-order valence-electron chi connectivity index (χ4n) is 1.40. The van der Waals surface area contributed by atoms with Crippen molar-refractivity contribution < 1.29 is 14.3 Å². The van der Waals surface area contributed by atoms with Crippen LogP contribution < -0.4 is 5.32 Å². The van der Waals surface area contributed by atoms with E-state index >= 15 is 0 Å². The summed E-state index contributed by atoms with van der Waals surface area (Å²) in [5.74, 6) is -0.986. The van der Waals surface area contributed by atoms with Crippen molar-refractivity contribution in [3.05, 3.63) is 33.8 Å². The van der Waals surface area contributed by atoms with E-state index in [-0.39, 0.29) is 15.6 Å². The molecule has 0 aliphatic rings. The van der Waals surface area contributed by atoms with Crippen molar-refractivity contribution in [1.82, 2.24) is 5.32 Å². The second kappa shape index (κ2) is 6.46. The summed E-state index contributed by atoms with van der Waals surface area (Å²) in [6.07, 6.45) is 0. The maximum Gasteiger partial charge on any atom is 0.328 e. The summed E-state index contributed by atoms with van der Waals surface area (Å²) in [6.45, 7) is 6.82. The summed E-state index contributed by atoms with van der Waals surface area (Å²) in [5.41, 5.74) is -0.390. The van der Waals surface area contributed by atoms with Crippen LogP contribution in [0.2, 0.25) is 10.0 Å². The van der Waals surface area contributed by atoms with E-state index in [0.29, 0.717) is 0 Å². The number of rotatable bonds is 3. The van der Waals surface area contributed by atoms with Gasteiger partial charge in [-0.25, -0.2) is 4.79 Å². The van der Waals surface area contributed by atoms with Gasteiger partial charge in [0.15, 0.2) is 0 Å². The van der Waals surface area contributed by atoms with Gasteiger partial charge in [0, 0.05) is 0 Å². The van der Waals surface area contributed by atoms with Gasteiger partial charge < -0.3 is 10.1 Å². The Morgan fingerprint density at radius 3 is 2.40 bits per heavy atom. The van der Waals surface area contributed by atoms with Crippen LogP contribution >= 0.6 is 23.2 Å². The van der Waals surface area contributed by atoms with Crippen LogP contribution in [0.15, 0.2) is 18.2 Å². The molecule has 0 saturated heterocycles. The predicted octanol–water partition coefficient (Wildman–Crippen LogP) is 3.45. The molecule has 0 aromatic heterocycles. The number of ether oxygens (including phenoxy) is 1. The number of esters is 1. The highest BCUT2D eigenvalue weighted by Crippen LogP contribution is 2.25. The molecule has 0 aliphatic carbocycles. The van der Waals surface area contributed by atoms with Crippen molar-refractivity contribution in [3.8, 4) is 0 Å². The van der Waals surface area contributed by atoms with Gasteiger partial charge in [-0.2, -0.15) is 0 Å². The number of benzene rings is 1. The summed E-state index contributed by atoms with van der Waals surface area (Å²) in [7, 11) is 0. The summed E-state index contributed by atoms with van der Waals surface area (Å²) in [5, 5.41) is 2.97. The molecule has 1 aromatic carbocycles. The van der Waals surface area contributed by atoms with Gasteiger partial charge in [0.25, 0.3) is 5.91 Å². The molecule has 0 heterocycles. The van der Waals surface area contributed by atoms with Gasteiger partial charge in [0.2, 0.25) is 0 Å². The highest BCUT2D eigenvalue weighted by molar-refractivity contribution is 6.43. The minimum atomic E-state index is -0.781. The Kier molecular flexibility index (Phi) is 5.42. The molecule has 6 heteroatoms. The molecule has 1 aromatic rings. The van der Waals surface area contributed by atoms with Crippen LogP contribution in [0.5, 0.6) is 0 Å². The van der Waals surface area contributed by atoms with E-state index < -0.39 is 23.5 Å². The number of halogens is 2. The quantitative estimate of drug-likeness (QED) is 0.869.